The topological polar surface area (TPSA) is 79.0 Å². The molecule has 0 aliphatic carbocycles. The highest BCUT2D eigenvalue weighted by Crippen LogP contribution is 2.31. The first-order valence-electron chi connectivity index (χ1n) is 10.3. The molecule has 1 atom stereocenters. The van der Waals surface area contributed by atoms with Gasteiger partial charge in [-0.1, -0.05) is 18.2 Å². The number of nitrogens with zero attached hydrogens (tertiary/aromatic N) is 2. The van der Waals surface area contributed by atoms with Crippen molar-refractivity contribution in [3.05, 3.63) is 59.7 Å². The van der Waals surface area contributed by atoms with E-state index < -0.39 is 32.7 Å². The standard InChI is InChI=1S/C22H26F3N3O4S/c1-16(21(29)26-15-17-5-3-7-19(13-17)32-2)27-9-11-28(12-10-27)33(30,31)20-8-4-6-18(14-20)22(23,24)25/h3-8,13-14,16H,9-12,15H2,1-2H3,(H,26,29). The number of piperazine rings is 1. The van der Waals surface area contributed by atoms with Crippen LogP contribution in [0.25, 0.3) is 0 Å². The van der Waals surface area contributed by atoms with Crippen molar-refractivity contribution in [1.82, 2.24) is 14.5 Å². The summed E-state index contributed by atoms with van der Waals surface area (Å²) in [7, 11) is -2.51. The minimum atomic E-state index is -4.63. The fraction of sp³-hybridized carbons (Fsp3) is 0.409. The number of halogens is 3. The third-order valence-corrected chi connectivity index (χ3v) is 7.50. The average molecular weight is 486 g/mol. The second-order valence-electron chi connectivity index (χ2n) is 7.71. The number of nitrogens with one attached hydrogen (secondary N) is 1. The molecule has 1 fully saturated rings. The molecule has 33 heavy (non-hydrogen) atoms. The van der Waals surface area contributed by atoms with Crippen molar-refractivity contribution in [3.8, 4) is 5.75 Å². The quantitative estimate of drug-likeness (QED) is 0.653. The molecule has 1 heterocycles. The van der Waals surface area contributed by atoms with Crippen LogP contribution in [0.4, 0.5) is 13.2 Å². The Balaban J connectivity index is 1.57. The molecule has 1 amide bonds. The van der Waals surface area contributed by atoms with E-state index in [0.717, 1.165) is 28.1 Å². The Hall–Kier alpha value is -2.63. The lowest BCUT2D eigenvalue weighted by molar-refractivity contribution is -0.137. The zero-order chi connectivity index (χ0) is 24.2. The monoisotopic (exact) mass is 485 g/mol. The van der Waals surface area contributed by atoms with Crippen molar-refractivity contribution in [3.63, 3.8) is 0 Å². The second kappa shape index (κ2) is 10.1. The predicted octanol–water partition coefficient (Wildman–Crippen LogP) is 2.73. The normalized spacial score (nSPS) is 16.9. The second-order valence-corrected chi connectivity index (χ2v) is 9.65. The minimum absolute atomic E-state index is 0.0755. The first-order valence-corrected chi connectivity index (χ1v) is 11.8. The molecule has 1 N–H and O–H groups in total. The van der Waals surface area contributed by atoms with Crippen molar-refractivity contribution in [2.75, 3.05) is 33.3 Å². The first kappa shape index (κ1) is 25.0. The van der Waals surface area contributed by atoms with Gasteiger partial charge in [-0.2, -0.15) is 17.5 Å². The van der Waals surface area contributed by atoms with Crippen LogP contribution in [0.1, 0.15) is 18.1 Å². The number of hydrogen-bond donors (Lipinski definition) is 1. The molecule has 0 radical (unpaired) electrons. The van der Waals surface area contributed by atoms with Gasteiger partial charge in [0.15, 0.2) is 0 Å². The molecule has 1 saturated heterocycles. The third kappa shape index (κ3) is 6.04. The van der Waals surface area contributed by atoms with E-state index in [0.29, 0.717) is 18.4 Å². The molecule has 1 aliphatic rings. The molecule has 0 saturated carbocycles. The highest BCUT2D eigenvalue weighted by Gasteiger charge is 2.35. The Labute approximate surface area is 191 Å². The number of carbonyl (C=O) groups is 1. The van der Waals surface area contributed by atoms with Crippen molar-refractivity contribution in [2.45, 2.75) is 30.6 Å². The zero-order valence-corrected chi connectivity index (χ0v) is 19.1. The Kier molecular flexibility index (Phi) is 7.65. The summed E-state index contributed by atoms with van der Waals surface area (Å²) in [6, 6.07) is 10.6. The number of amides is 1. The van der Waals surface area contributed by atoms with Crippen LogP contribution < -0.4 is 10.1 Å². The van der Waals surface area contributed by atoms with E-state index in [1.54, 1.807) is 20.1 Å². The highest BCUT2D eigenvalue weighted by molar-refractivity contribution is 7.89. The fourth-order valence-electron chi connectivity index (χ4n) is 3.60. The summed E-state index contributed by atoms with van der Waals surface area (Å²) in [5.74, 6) is 0.486. The molecule has 7 nitrogen and oxygen atoms in total. The molecule has 0 aromatic heterocycles. The number of alkyl halides is 3. The maximum absolute atomic E-state index is 13.0. The Bertz CT molecular complexity index is 1080. The summed E-state index contributed by atoms with van der Waals surface area (Å²) in [6.45, 7) is 2.78. The Morgan fingerprint density at radius 1 is 1.09 bits per heavy atom. The number of carbonyl (C=O) groups excluding carboxylic acids is 1. The SMILES string of the molecule is COc1cccc(CNC(=O)C(C)N2CCN(S(=O)(=O)c3cccc(C(F)(F)F)c3)CC2)c1. The molecular formula is C22H26F3N3O4S. The molecule has 2 aromatic carbocycles. The summed E-state index contributed by atoms with van der Waals surface area (Å²) in [6.07, 6.45) is -4.63. The van der Waals surface area contributed by atoms with Crippen molar-refractivity contribution < 1.29 is 31.1 Å². The summed E-state index contributed by atoms with van der Waals surface area (Å²) >= 11 is 0. The maximum Gasteiger partial charge on any atom is 0.416 e. The van der Waals surface area contributed by atoms with E-state index in [-0.39, 0.29) is 32.1 Å². The lowest BCUT2D eigenvalue weighted by atomic mass is 10.2. The molecule has 11 heteroatoms. The van der Waals surface area contributed by atoms with Gasteiger partial charge in [0.05, 0.1) is 23.6 Å². The number of sulfonamides is 1. The van der Waals surface area contributed by atoms with Gasteiger partial charge in [0.1, 0.15) is 5.75 Å². The van der Waals surface area contributed by atoms with E-state index in [1.165, 1.54) is 0 Å². The maximum atomic E-state index is 13.0. The van der Waals surface area contributed by atoms with E-state index in [4.69, 9.17) is 4.74 Å². The number of methoxy groups -OCH3 is 1. The van der Waals surface area contributed by atoms with Crippen molar-refractivity contribution in [2.24, 2.45) is 0 Å². The molecule has 1 unspecified atom stereocenters. The summed E-state index contributed by atoms with van der Waals surface area (Å²) in [5.41, 5.74) is -0.129. The smallest absolute Gasteiger partial charge is 0.416 e. The van der Waals surface area contributed by atoms with E-state index in [1.807, 2.05) is 23.1 Å². The number of rotatable bonds is 7. The molecule has 1 aliphatic heterocycles. The molecule has 2 aromatic rings. The molecule has 180 valence electrons. The lowest BCUT2D eigenvalue weighted by Gasteiger charge is -2.36. The van der Waals surface area contributed by atoms with Crippen molar-refractivity contribution in [1.29, 1.82) is 0 Å². The van der Waals surface area contributed by atoms with Gasteiger partial charge in [-0.05, 0) is 42.8 Å². The molecule has 0 bridgehead atoms. The first-order chi connectivity index (χ1) is 15.5. The highest BCUT2D eigenvalue weighted by atomic mass is 32.2. The van der Waals surface area contributed by atoms with Crippen molar-refractivity contribution >= 4 is 15.9 Å². The fourth-order valence-corrected chi connectivity index (χ4v) is 5.07. The Morgan fingerprint density at radius 2 is 1.76 bits per heavy atom. The predicted molar refractivity (Wildman–Crippen MR) is 116 cm³/mol. The minimum Gasteiger partial charge on any atom is -0.497 e. The van der Waals surface area contributed by atoms with Gasteiger partial charge in [0.25, 0.3) is 0 Å². The molecular weight excluding hydrogens is 459 g/mol. The summed E-state index contributed by atoms with van der Waals surface area (Å²) < 4.78 is 70.9. The Morgan fingerprint density at radius 3 is 2.39 bits per heavy atom. The van der Waals surface area contributed by atoms with Gasteiger partial charge < -0.3 is 10.1 Å². The summed E-state index contributed by atoms with van der Waals surface area (Å²) in [4.78, 5) is 14.0. The number of ether oxygens (including phenoxy) is 1. The van der Waals surface area contributed by atoms with Gasteiger partial charge in [0.2, 0.25) is 15.9 Å². The van der Waals surface area contributed by atoms with Crippen LogP contribution in [0, 0.1) is 0 Å². The van der Waals surface area contributed by atoms with E-state index in [2.05, 4.69) is 5.32 Å². The van der Waals surface area contributed by atoms with Crippen LogP contribution in [-0.2, 0) is 27.5 Å². The molecule has 3 rings (SSSR count). The van der Waals surface area contributed by atoms with Gasteiger partial charge in [0, 0.05) is 32.7 Å². The van der Waals surface area contributed by atoms with Crippen LogP contribution >= 0.6 is 0 Å². The van der Waals surface area contributed by atoms with E-state index >= 15 is 0 Å². The number of hydrogen-bond acceptors (Lipinski definition) is 5. The van der Waals surface area contributed by atoms with Crippen LogP contribution in [0.3, 0.4) is 0 Å². The summed E-state index contributed by atoms with van der Waals surface area (Å²) in [5, 5.41) is 2.86. The zero-order valence-electron chi connectivity index (χ0n) is 18.3. The lowest BCUT2D eigenvalue weighted by Crippen LogP contribution is -2.54. The van der Waals surface area contributed by atoms with Crippen LogP contribution in [0.5, 0.6) is 5.75 Å². The third-order valence-electron chi connectivity index (χ3n) is 5.60. The van der Waals surface area contributed by atoms with Crippen LogP contribution in [-0.4, -0.2) is 62.9 Å². The molecule has 0 spiro atoms. The van der Waals surface area contributed by atoms with Crippen LogP contribution in [0.2, 0.25) is 0 Å². The number of benzene rings is 2. The van der Waals surface area contributed by atoms with Gasteiger partial charge in [-0.15, -0.1) is 0 Å². The van der Waals surface area contributed by atoms with Gasteiger partial charge in [-0.25, -0.2) is 8.42 Å². The van der Waals surface area contributed by atoms with E-state index in [9.17, 15) is 26.4 Å². The largest absolute Gasteiger partial charge is 0.497 e. The van der Waals surface area contributed by atoms with Gasteiger partial charge >= 0.3 is 6.18 Å². The van der Waals surface area contributed by atoms with Gasteiger partial charge in [-0.3, -0.25) is 9.69 Å². The van der Waals surface area contributed by atoms with Crippen LogP contribution in [0.15, 0.2) is 53.4 Å². The average Bonchev–Trinajstić information content (AvgIpc) is 2.81.